The Labute approximate surface area is 135 Å². The summed E-state index contributed by atoms with van der Waals surface area (Å²) in [5, 5.41) is 4.98. The van der Waals surface area contributed by atoms with Crippen molar-refractivity contribution >= 4 is 11.8 Å². The first-order chi connectivity index (χ1) is 8.13. The molecule has 0 rings (SSSR count). The van der Waals surface area contributed by atoms with Gasteiger partial charge in [-0.25, -0.2) is 0 Å². The molecule has 0 aliphatic carbocycles. The maximum atomic E-state index is 10.9. The van der Waals surface area contributed by atoms with Crippen LogP contribution in [0, 0.1) is 31.1 Å². The molecule has 0 unspecified atom stereocenters. The summed E-state index contributed by atoms with van der Waals surface area (Å²) in [6, 6.07) is 0. The van der Waals surface area contributed by atoms with Gasteiger partial charge in [0.05, 0.1) is 0 Å². The predicted octanol–water partition coefficient (Wildman–Crippen LogP) is 2.24. The molecule has 2 amide bonds. The van der Waals surface area contributed by atoms with E-state index in [4.69, 9.17) is 0 Å². The number of carbonyl (C=O) groups is 2. The monoisotopic (exact) mass is 482 g/mol. The van der Waals surface area contributed by atoms with E-state index in [1.807, 2.05) is 13.8 Å². The molecule has 0 fully saturated rings. The van der Waals surface area contributed by atoms with Crippen LogP contribution >= 0.6 is 0 Å². The first-order valence-electron chi connectivity index (χ1n) is 6.69. The molecular formula is C13H28N2O2U. The van der Waals surface area contributed by atoms with Crippen molar-refractivity contribution in [3.05, 3.63) is 0 Å². The van der Waals surface area contributed by atoms with E-state index in [0.717, 1.165) is 12.8 Å². The van der Waals surface area contributed by atoms with Gasteiger partial charge in [-0.1, -0.05) is 47.0 Å². The molecule has 0 atom stereocenters. The Bertz CT molecular complexity index is 179. The number of rotatable bonds is 6. The topological polar surface area (TPSA) is 58.2 Å². The molecule has 5 heteroatoms. The molecule has 18 heavy (non-hydrogen) atoms. The van der Waals surface area contributed by atoms with Crippen molar-refractivity contribution in [2.75, 3.05) is 13.1 Å². The summed E-state index contributed by atoms with van der Waals surface area (Å²) >= 11 is 0. The third-order valence-electron chi connectivity index (χ3n) is 1.98. The van der Waals surface area contributed by atoms with E-state index in [0.29, 0.717) is 13.1 Å². The Kier molecular flexibility index (Phi) is 24.8. The van der Waals surface area contributed by atoms with E-state index in [1.54, 1.807) is 0 Å². The van der Waals surface area contributed by atoms with E-state index < -0.39 is 11.8 Å². The van der Waals surface area contributed by atoms with Gasteiger partial charge in [-0.05, 0) is 12.8 Å². The number of carbonyl (C=O) groups excluding carboxylic acids is 2. The molecule has 0 aromatic rings. The van der Waals surface area contributed by atoms with Crippen molar-refractivity contribution in [1.82, 2.24) is 10.6 Å². The summed E-state index contributed by atoms with van der Waals surface area (Å²) in [4.78, 5) is 21.8. The molecular weight excluding hydrogens is 454 g/mol. The molecule has 4 nitrogen and oxygen atoms in total. The van der Waals surface area contributed by atoms with E-state index >= 15 is 0 Å². The normalized spacial score (nSPS) is 8.44. The molecule has 0 aliphatic rings. The standard InChI is InChI=1S/C8H16N2O2.C5H12.U/c1-3-5-9-7(11)8(12)10-6-4-2;1-3-5-4-2;/h3-6H2,1-2H3,(H,9,11)(H,10,12);3-5H2,1-2H3;. The largest absolute Gasteiger partial charge is 0.348 e. The van der Waals surface area contributed by atoms with Crippen LogP contribution in [0.2, 0.25) is 0 Å². The Morgan fingerprint density at radius 1 is 0.722 bits per heavy atom. The number of hydrogen-bond donors (Lipinski definition) is 2. The SMILES string of the molecule is CCCCC.CCCNC(=O)C(=O)NCCC.[U]. The van der Waals surface area contributed by atoms with Gasteiger partial charge in [-0.3, -0.25) is 9.59 Å². The van der Waals surface area contributed by atoms with Crippen LogP contribution in [0.15, 0.2) is 0 Å². The fourth-order valence-corrected chi connectivity index (χ4v) is 0.991. The Morgan fingerprint density at radius 2 is 1.06 bits per heavy atom. The van der Waals surface area contributed by atoms with E-state index in [2.05, 4.69) is 24.5 Å². The minimum atomic E-state index is -0.537. The zero-order valence-electron chi connectivity index (χ0n) is 12.3. The van der Waals surface area contributed by atoms with Crippen LogP contribution in [0.1, 0.15) is 59.8 Å². The van der Waals surface area contributed by atoms with Crippen LogP contribution in [0.5, 0.6) is 0 Å². The summed E-state index contributed by atoms with van der Waals surface area (Å²) in [5.41, 5.74) is 0. The van der Waals surface area contributed by atoms with Gasteiger partial charge < -0.3 is 10.6 Å². The first kappa shape index (κ1) is 23.1. The van der Waals surface area contributed by atoms with Gasteiger partial charge in [-0.2, -0.15) is 0 Å². The number of nitrogens with one attached hydrogen (secondary N) is 2. The Morgan fingerprint density at radius 3 is 1.22 bits per heavy atom. The minimum Gasteiger partial charge on any atom is -0.348 e. The van der Waals surface area contributed by atoms with Crippen molar-refractivity contribution in [2.45, 2.75) is 59.8 Å². The zero-order chi connectivity index (χ0) is 13.5. The van der Waals surface area contributed by atoms with Gasteiger partial charge in [0.1, 0.15) is 0 Å². The Balaban J connectivity index is -0.000000321. The van der Waals surface area contributed by atoms with Crippen LogP contribution in [0.4, 0.5) is 0 Å². The van der Waals surface area contributed by atoms with Crippen LogP contribution < -0.4 is 10.6 Å². The number of amides is 2. The second-order valence-electron chi connectivity index (χ2n) is 3.87. The van der Waals surface area contributed by atoms with Gasteiger partial charge >= 0.3 is 11.8 Å². The smallest absolute Gasteiger partial charge is 0.309 e. The molecule has 0 saturated heterocycles. The zero-order valence-corrected chi connectivity index (χ0v) is 16.4. The molecule has 0 aromatic carbocycles. The molecule has 0 saturated carbocycles. The van der Waals surface area contributed by atoms with Gasteiger partial charge in [0, 0.05) is 44.2 Å². The molecule has 0 bridgehead atoms. The van der Waals surface area contributed by atoms with Gasteiger partial charge in [-0.15, -0.1) is 0 Å². The van der Waals surface area contributed by atoms with Gasteiger partial charge in [0.2, 0.25) is 0 Å². The van der Waals surface area contributed by atoms with Crippen molar-refractivity contribution in [1.29, 1.82) is 0 Å². The molecule has 0 aliphatic heterocycles. The van der Waals surface area contributed by atoms with E-state index in [1.165, 1.54) is 19.3 Å². The molecule has 0 heterocycles. The summed E-state index contributed by atoms with van der Waals surface area (Å²) in [7, 11) is 0. The van der Waals surface area contributed by atoms with Crippen molar-refractivity contribution in [3.63, 3.8) is 0 Å². The molecule has 0 spiro atoms. The fraction of sp³-hybridized carbons (Fsp3) is 0.846. The first-order valence-corrected chi connectivity index (χ1v) is 6.69. The second kappa shape index (κ2) is 19.3. The van der Waals surface area contributed by atoms with Crippen LogP contribution in [0.25, 0.3) is 0 Å². The quantitative estimate of drug-likeness (QED) is 0.571. The van der Waals surface area contributed by atoms with Gasteiger partial charge in [0.25, 0.3) is 0 Å². The average molecular weight is 482 g/mol. The second-order valence-corrected chi connectivity index (χ2v) is 3.87. The third-order valence-corrected chi connectivity index (χ3v) is 1.98. The molecule has 0 radical (unpaired) electrons. The number of hydrogen-bond acceptors (Lipinski definition) is 2. The molecule has 0 aromatic heterocycles. The number of unbranched alkanes of at least 4 members (excludes halogenated alkanes) is 2. The third kappa shape index (κ3) is 18.4. The maximum absolute atomic E-state index is 10.9. The van der Waals surface area contributed by atoms with Crippen molar-refractivity contribution < 1.29 is 40.7 Å². The maximum Gasteiger partial charge on any atom is 0.309 e. The van der Waals surface area contributed by atoms with Crippen molar-refractivity contribution in [3.8, 4) is 0 Å². The minimum absolute atomic E-state index is 0. The summed E-state index contributed by atoms with van der Waals surface area (Å²) < 4.78 is 0. The van der Waals surface area contributed by atoms with Gasteiger partial charge in [0.15, 0.2) is 0 Å². The van der Waals surface area contributed by atoms with Crippen molar-refractivity contribution in [2.24, 2.45) is 0 Å². The molecule has 106 valence electrons. The van der Waals surface area contributed by atoms with E-state index in [-0.39, 0.29) is 31.1 Å². The summed E-state index contributed by atoms with van der Waals surface area (Å²) in [5.74, 6) is -1.07. The predicted molar refractivity (Wildman–Crippen MR) is 71.8 cm³/mol. The molecule has 2 N–H and O–H groups in total. The average Bonchev–Trinajstić information content (AvgIpc) is 2.34. The van der Waals surface area contributed by atoms with Crippen LogP contribution in [0.3, 0.4) is 0 Å². The fourth-order valence-electron chi connectivity index (χ4n) is 0.991. The Hall–Kier alpha value is -0.00805. The van der Waals surface area contributed by atoms with E-state index in [9.17, 15) is 9.59 Å². The van der Waals surface area contributed by atoms with Crippen LogP contribution in [-0.2, 0) is 9.59 Å². The van der Waals surface area contributed by atoms with Crippen LogP contribution in [-0.4, -0.2) is 24.9 Å². The summed E-state index contributed by atoms with van der Waals surface area (Å²) in [6.45, 7) is 9.40. The summed E-state index contributed by atoms with van der Waals surface area (Å²) in [6.07, 6.45) is 5.76.